The molecule has 0 N–H and O–H groups in total. The number of rotatable bonds is 5. The van der Waals surface area contributed by atoms with E-state index in [1.165, 1.54) is 0 Å². The predicted octanol–water partition coefficient (Wildman–Crippen LogP) is 4.18. The van der Waals surface area contributed by atoms with Gasteiger partial charge in [-0.1, -0.05) is 36.4 Å². The minimum Gasteiger partial charge on any atom is -0.497 e. The average Bonchev–Trinajstić information content (AvgIpc) is 3.37. The maximum atomic E-state index is 14.0. The van der Waals surface area contributed by atoms with E-state index in [0.717, 1.165) is 52.6 Å². The third-order valence-corrected chi connectivity index (χ3v) is 6.95. The van der Waals surface area contributed by atoms with E-state index in [1.807, 2.05) is 48.4 Å². The molecule has 0 bridgehead atoms. The molecule has 0 spiro atoms. The number of hydrogen-bond donors (Lipinski definition) is 0. The minimum atomic E-state index is -0.113. The van der Waals surface area contributed by atoms with Crippen molar-refractivity contribution in [2.75, 3.05) is 49.8 Å². The first-order chi connectivity index (χ1) is 17.6. The SMILES string of the molecule is COc1cc(C)cc(CN2C(=O)N3CC(c4ccccc4)N=C3c3ncc(N4CCOCC4)cc32)c1. The summed E-state index contributed by atoms with van der Waals surface area (Å²) in [5.41, 5.74) is 5.69. The van der Waals surface area contributed by atoms with Crippen molar-refractivity contribution in [3.05, 3.63) is 83.2 Å². The van der Waals surface area contributed by atoms with Gasteiger partial charge in [0.2, 0.25) is 0 Å². The highest BCUT2D eigenvalue weighted by Crippen LogP contribution is 2.38. The Morgan fingerprint density at radius 3 is 2.67 bits per heavy atom. The molecule has 0 radical (unpaired) electrons. The Morgan fingerprint density at radius 1 is 1.08 bits per heavy atom. The van der Waals surface area contributed by atoms with E-state index in [1.54, 1.807) is 12.0 Å². The van der Waals surface area contributed by atoms with Crippen molar-refractivity contribution in [1.82, 2.24) is 9.88 Å². The Labute approximate surface area is 210 Å². The van der Waals surface area contributed by atoms with Crippen molar-refractivity contribution < 1.29 is 14.3 Å². The smallest absolute Gasteiger partial charge is 0.330 e. The van der Waals surface area contributed by atoms with Crippen LogP contribution in [0, 0.1) is 6.92 Å². The van der Waals surface area contributed by atoms with Crippen molar-refractivity contribution >= 4 is 23.2 Å². The number of carbonyl (C=O) groups excluding carboxylic acids is 1. The van der Waals surface area contributed by atoms with Crippen LogP contribution in [0.4, 0.5) is 16.2 Å². The molecular weight excluding hydrogens is 454 g/mol. The molecule has 36 heavy (non-hydrogen) atoms. The van der Waals surface area contributed by atoms with Crippen LogP contribution >= 0.6 is 0 Å². The molecule has 3 aliphatic rings. The van der Waals surface area contributed by atoms with Gasteiger partial charge in [0.15, 0.2) is 5.84 Å². The number of ether oxygens (including phenoxy) is 2. The molecule has 2 aromatic carbocycles. The third kappa shape index (κ3) is 4.07. The number of benzene rings is 2. The second kappa shape index (κ2) is 9.28. The predicted molar refractivity (Wildman–Crippen MR) is 139 cm³/mol. The maximum Gasteiger partial charge on any atom is 0.330 e. The third-order valence-electron chi connectivity index (χ3n) is 6.95. The summed E-state index contributed by atoms with van der Waals surface area (Å²) in [5, 5.41) is 0. The molecule has 4 heterocycles. The van der Waals surface area contributed by atoms with Gasteiger partial charge in [0.1, 0.15) is 11.4 Å². The lowest BCUT2D eigenvalue weighted by molar-refractivity contribution is 0.122. The van der Waals surface area contributed by atoms with Crippen molar-refractivity contribution in [2.24, 2.45) is 4.99 Å². The van der Waals surface area contributed by atoms with Crippen LogP contribution in [0.5, 0.6) is 5.75 Å². The molecule has 1 atom stereocenters. The normalized spacial score (nSPS) is 19.2. The first-order valence-electron chi connectivity index (χ1n) is 12.3. The van der Waals surface area contributed by atoms with Crippen LogP contribution in [0.1, 0.15) is 28.4 Å². The fourth-order valence-corrected chi connectivity index (χ4v) is 5.16. The van der Waals surface area contributed by atoms with E-state index in [-0.39, 0.29) is 12.1 Å². The van der Waals surface area contributed by atoms with Crippen LogP contribution in [0.2, 0.25) is 0 Å². The molecule has 2 amide bonds. The summed E-state index contributed by atoms with van der Waals surface area (Å²) in [6.07, 6.45) is 1.89. The standard InChI is InChI=1S/C28H29N5O3/c1-19-12-20(14-23(13-19)35-2)17-32-25-15-22(31-8-10-36-11-9-31)16-29-26(25)27-30-24(18-33(27)28(32)34)21-6-4-3-5-7-21/h3-7,12-16,24H,8-11,17-18H2,1-2H3. The molecule has 0 saturated carbocycles. The van der Waals surface area contributed by atoms with Gasteiger partial charge in [0.25, 0.3) is 0 Å². The quantitative estimate of drug-likeness (QED) is 0.545. The number of aromatic nitrogens is 1. The van der Waals surface area contributed by atoms with Gasteiger partial charge in [0, 0.05) is 13.1 Å². The first-order valence-corrected chi connectivity index (χ1v) is 12.3. The van der Waals surface area contributed by atoms with Gasteiger partial charge in [0.05, 0.1) is 57.0 Å². The monoisotopic (exact) mass is 483 g/mol. The Hall–Kier alpha value is -3.91. The summed E-state index contributed by atoms with van der Waals surface area (Å²) < 4.78 is 11.0. The number of carbonyl (C=O) groups is 1. The van der Waals surface area contributed by atoms with E-state index in [0.29, 0.717) is 32.1 Å². The summed E-state index contributed by atoms with van der Waals surface area (Å²) in [6.45, 7) is 5.91. The number of morpholine rings is 1. The number of anilines is 2. The molecule has 0 aliphatic carbocycles. The number of nitrogens with zero attached hydrogens (tertiary/aromatic N) is 5. The topological polar surface area (TPSA) is 70.5 Å². The number of aliphatic imine (C=N–C) groups is 1. The fourth-order valence-electron chi connectivity index (χ4n) is 5.16. The summed E-state index contributed by atoms with van der Waals surface area (Å²) in [5.74, 6) is 1.43. The molecule has 1 aromatic heterocycles. The molecule has 1 unspecified atom stereocenters. The van der Waals surface area contributed by atoms with Gasteiger partial charge >= 0.3 is 6.03 Å². The van der Waals surface area contributed by atoms with Crippen LogP contribution in [-0.4, -0.2) is 61.7 Å². The summed E-state index contributed by atoms with van der Waals surface area (Å²) in [6, 6.07) is 18.1. The second-order valence-electron chi connectivity index (χ2n) is 9.38. The van der Waals surface area contributed by atoms with Crippen molar-refractivity contribution in [3.63, 3.8) is 0 Å². The lowest BCUT2D eigenvalue weighted by Gasteiger charge is -2.36. The number of amidine groups is 1. The number of methoxy groups -OCH3 is 1. The number of urea groups is 1. The van der Waals surface area contributed by atoms with Gasteiger partial charge < -0.3 is 14.4 Å². The van der Waals surface area contributed by atoms with Gasteiger partial charge in [-0.05, 0) is 41.8 Å². The first kappa shape index (κ1) is 22.5. The molecule has 8 nitrogen and oxygen atoms in total. The molecule has 1 saturated heterocycles. The zero-order chi connectivity index (χ0) is 24.6. The maximum absolute atomic E-state index is 14.0. The average molecular weight is 484 g/mol. The minimum absolute atomic E-state index is 0.0823. The van der Waals surface area contributed by atoms with E-state index < -0.39 is 0 Å². The number of amides is 2. The summed E-state index contributed by atoms with van der Waals surface area (Å²) >= 11 is 0. The van der Waals surface area contributed by atoms with Crippen molar-refractivity contribution in [2.45, 2.75) is 19.5 Å². The highest BCUT2D eigenvalue weighted by atomic mass is 16.5. The van der Waals surface area contributed by atoms with Crippen LogP contribution in [0.15, 0.2) is 65.8 Å². The lowest BCUT2D eigenvalue weighted by Crippen LogP contribution is -2.50. The van der Waals surface area contributed by atoms with Crippen molar-refractivity contribution in [1.29, 1.82) is 0 Å². The Morgan fingerprint density at radius 2 is 1.89 bits per heavy atom. The number of pyridine rings is 1. The molecule has 3 aromatic rings. The Balaban J connectivity index is 1.42. The van der Waals surface area contributed by atoms with Crippen LogP contribution < -0.4 is 14.5 Å². The van der Waals surface area contributed by atoms with E-state index in [2.05, 4.69) is 29.2 Å². The van der Waals surface area contributed by atoms with Gasteiger partial charge in [-0.2, -0.15) is 0 Å². The van der Waals surface area contributed by atoms with Crippen LogP contribution in [0.25, 0.3) is 0 Å². The number of fused-ring (bicyclic) bond motifs is 3. The Bertz CT molecular complexity index is 1320. The van der Waals surface area contributed by atoms with Crippen molar-refractivity contribution in [3.8, 4) is 5.75 Å². The van der Waals surface area contributed by atoms with Gasteiger partial charge in [-0.25, -0.2) is 9.78 Å². The number of hydrogen-bond acceptors (Lipinski definition) is 6. The summed E-state index contributed by atoms with van der Waals surface area (Å²) in [4.78, 5) is 29.7. The molecule has 184 valence electrons. The molecule has 3 aliphatic heterocycles. The van der Waals surface area contributed by atoms with Gasteiger partial charge in [-0.3, -0.25) is 14.8 Å². The highest BCUT2D eigenvalue weighted by Gasteiger charge is 2.42. The zero-order valence-electron chi connectivity index (χ0n) is 20.6. The molecule has 1 fully saturated rings. The molecular formula is C28H29N5O3. The number of aryl methyl sites for hydroxylation is 1. The largest absolute Gasteiger partial charge is 0.497 e. The van der Waals surface area contributed by atoms with E-state index >= 15 is 0 Å². The van der Waals surface area contributed by atoms with Crippen LogP contribution in [0.3, 0.4) is 0 Å². The van der Waals surface area contributed by atoms with Gasteiger partial charge in [-0.15, -0.1) is 0 Å². The molecule has 6 rings (SSSR count). The fraction of sp³-hybridized carbons (Fsp3) is 0.321. The summed E-state index contributed by atoms with van der Waals surface area (Å²) in [7, 11) is 1.66. The van der Waals surface area contributed by atoms with Crippen LogP contribution in [-0.2, 0) is 11.3 Å². The van der Waals surface area contributed by atoms with E-state index in [9.17, 15) is 4.79 Å². The lowest BCUT2D eigenvalue weighted by atomic mass is 10.1. The molecule has 8 heteroatoms. The second-order valence-corrected chi connectivity index (χ2v) is 9.38. The highest BCUT2D eigenvalue weighted by molar-refractivity contribution is 6.19. The van der Waals surface area contributed by atoms with E-state index in [4.69, 9.17) is 19.5 Å². The zero-order valence-corrected chi connectivity index (χ0v) is 20.6. The Kier molecular flexibility index (Phi) is 5.81.